The van der Waals surface area contributed by atoms with Crippen LogP contribution in [-0.2, 0) is 51.7 Å². The maximum Gasteiger partial charge on any atom is 0.240 e. The summed E-state index contributed by atoms with van der Waals surface area (Å²) in [6.07, 6.45) is 7.12. The zero-order valence-electron chi connectivity index (χ0n) is 39.5. The molecule has 11 aliphatic rings. The molecule has 0 radical (unpaired) electrons. The Balaban J connectivity index is 0.811. The summed E-state index contributed by atoms with van der Waals surface area (Å²) in [6.45, 7) is 16.4. The van der Waals surface area contributed by atoms with E-state index in [0.29, 0.717) is 31.1 Å². The van der Waals surface area contributed by atoms with E-state index in [1.165, 1.54) is 11.1 Å². The van der Waals surface area contributed by atoms with Gasteiger partial charge in [-0.1, -0.05) is 46.3 Å². The van der Waals surface area contributed by atoms with Crippen LogP contribution in [0.15, 0.2) is 17.7 Å². The summed E-state index contributed by atoms with van der Waals surface area (Å²) in [6, 6.07) is 2.26. The van der Waals surface area contributed by atoms with Crippen molar-refractivity contribution in [3.8, 4) is 5.75 Å². The Morgan fingerprint density at radius 3 is 2.15 bits per heavy atom. The van der Waals surface area contributed by atoms with Gasteiger partial charge in [-0.2, -0.15) is 0 Å². The molecule has 13 rings (SSSR count). The van der Waals surface area contributed by atoms with E-state index >= 15 is 0 Å². The number of aliphatic hydroxyl groups is 6. The first-order valence-corrected chi connectivity index (χ1v) is 25.2. The van der Waals surface area contributed by atoms with Crippen LogP contribution in [0.2, 0.25) is 0 Å². The minimum absolute atomic E-state index is 0.0487. The molecule has 6 N–H and O–H groups in total. The molecule has 12 nitrogen and oxygen atoms in total. The van der Waals surface area contributed by atoms with Gasteiger partial charge in [0.1, 0.15) is 29.7 Å². The molecule has 0 bridgehead atoms. The summed E-state index contributed by atoms with van der Waals surface area (Å²) in [4.78, 5) is 11.1. The van der Waals surface area contributed by atoms with Crippen LogP contribution >= 0.6 is 0 Å². The Morgan fingerprint density at radius 2 is 1.46 bits per heavy atom. The molecule has 2 aromatic rings. The molecule has 7 aliphatic carbocycles. The number of aromatic nitrogens is 2. The van der Waals surface area contributed by atoms with Crippen molar-refractivity contribution < 1.29 is 49.6 Å². The van der Waals surface area contributed by atoms with Crippen molar-refractivity contribution in [3.63, 3.8) is 0 Å². The van der Waals surface area contributed by atoms with Crippen molar-refractivity contribution in [3.05, 3.63) is 62.7 Å². The summed E-state index contributed by atoms with van der Waals surface area (Å²) in [5.41, 5.74) is 5.86. The van der Waals surface area contributed by atoms with E-state index in [-0.39, 0.29) is 47.5 Å². The molecule has 1 aromatic carbocycles. The SMILES string of the molecule is CC1[C@@H]2CC(O)c3c4c(cc(c32)OC12OC(C)(C)CC2O)[C@]1(C)Cc2nc3c(nc2CC1CC4)C[C@]1(C)C(CCC2C4=C[C@H]5O[C@@]6(O[C@@](C)(CO)C[C@@H]6O)C(C)[C@@]5(O)[C@]4(C)[C@@H](O)CC21)C3. The van der Waals surface area contributed by atoms with E-state index < -0.39 is 70.2 Å². The molecule has 3 saturated heterocycles. The lowest BCUT2D eigenvalue weighted by Gasteiger charge is -2.61. The monoisotopic (exact) mass is 895 g/mol. The minimum Gasteiger partial charge on any atom is -0.459 e. The average molecular weight is 895 g/mol. The number of benzene rings is 1. The minimum atomic E-state index is -1.50. The molecule has 5 heterocycles. The zero-order valence-corrected chi connectivity index (χ0v) is 39.5. The zero-order chi connectivity index (χ0) is 45.6. The van der Waals surface area contributed by atoms with E-state index in [2.05, 4.69) is 32.9 Å². The molecular formula is C53H70N2O10. The fourth-order valence-electron chi connectivity index (χ4n) is 17.8. The predicted molar refractivity (Wildman–Crippen MR) is 237 cm³/mol. The van der Waals surface area contributed by atoms with Crippen LogP contribution in [0.1, 0.15) is 157 Å². The number of ether oxygens (including phenoxy) is 4. The van der Waals surface area contributed by atoms with Gasteiger partial charge in [0.25, 0.3) is 0 Å². The van der Waals surface area contributed by atoms with E-state index in [0.717, 1.165) is 96.6 Å². The van der Waals surface area contributed by atoms with Crippen LogP contribution in [0, 0.1) is 46.3 Å². The Kier molecular flexibility index (Phi) is 8.39. The number of nitrogens with zero attached hydrogens (tertiary/aromatic N) is 2. The Hall–Kier alpha value is -2.52. The lowest BCUT2D eigenvalue weighted by molar-refractivity contribution is -0.280. The predicted octanol–water partition coefficient (Wildman–Crippen LogP) is 5.35. The molecule has 352 valence electrons. The number of rotatable bonds is 1. The maximum atomic E-state index is 12.9. The first-order valence-electron chi connectivity index (χ1n) is 25.2. The van der Waals surface area contributed by atoms with Gasteiger partial charge < -0.3 is 49.6 Å². The van der Waals surface area contributed by atoms with Crippen LogP contribution in [0.3, 0.4) is 0 Å². The van der Waals surface area contributed by atoms with E-state index in [1.54, 1.807) is 6.92 Å². The highest BCUT2D eigenvalue weighted by atomic mass is 16.7. The smallest absolute Gasteiger partial charge is 0.240 e. The van der Waals surface area contributed by atoms with Crippen LogP contribution in [0.25, 0.3) is 0 Å². The molecule has 9 unspecified atom stereocenters. The maximum absolute atomic E-state index is 12.9. The highest BCUT2D eigenvalue weighted by molar-refractivity contribution is 5.60. The fraction of sp³-hybridized carbons (Fsp3) is 0.774. The van der Waals surface area contributed by atoms with Crippen molar-refractivity contribution in [2.75, 3.05) is 6.61 Å². The number of fused-ring (bicyclic) bond motifs is 13. The largest absolute Gasteiger partial charge is 0.459 e. The van der Waals surface area contributed by atoms with Gasteiger partial charge in [0.15, 0.2) is 0 Å². The molecule has 19 atom stereocenters. The molecule has 0 amide bonds. The van der Waals surface area contributed by atoms with E-state index in [4.69, 9.17) is 28.9 Å². The molecule has 65 heavy (non-hydrogen) atoms. The summed E-state index contributed by atoms with van der Waals surface area (Å²) in [5.74, 6) is -1.52. The highest BCUT2D eigenvalue weighted by Gasteiger charge is 2.79. The van der Waals surface area contributed by atoms with Crippen molar-refractivity contribution in [2.45, 2.75) is 203 Å². The summed E-state index contributed by atoms with van der Waals surface area (Å²) in [5, 5.41) is 70.3. The van der Waals surface area contributed by atoms with E-state index in [9.17, 15) is 30.6 Å². The Morgan fingerprint density at radius 1 is 0.754 bits per heavy atom. The van der Waals surface area contributed by atoms with Gasteiger partial charge in [0.05, 0.1) is 52.8 Å². The Labute approximate surface area is 382 Å². The second-order valence-electron chi connectivity index (χ2n) is 25.0. The first kappa shape index (κ1) is 42.6. The third kappa shape index (κ3) is 4.96. The van der Waals surface area contributed by atoms with Gasteiger partial charge in [-0.05, 0) is 136 Å². The third-order valence-corrected chi connectivity index (χ3v) is 21.4. The second-order valence-corrected chi connectivity index (χ2v) is 25.0. The standard InChI is InChI=1S/C53H70N2O10/c1-24-30-15-38(57)44-29-12-10-27-14-35-36(19-48(27,6)31(29)16-39(45(30)44)62-52(24)41(59)21-46(3,4)64-52)54-34-13-26-9-11-28-32(49(26,7)20-37(34)55-35)17-40(58)50(8)33(28)18-43-51(50,61)25(2)53(63-43)42(60)22-47(5,23-56)65-53/h16,18,24-28,30,32,38,40-43,56-61H,9-15,17,19-23H2,1-8H3/t24?,25?,26?,27?,28?,30-,32?,38?,40-,41?,42-,43+,47+,48+,49+,50-,51-,52?,53+/m0/s1. The highest BCUT2D eigenvalue weighted by Crippen LogP contribution is 2.71. The van der Waals surface area contributed by atoms with Gasteiger partial charge in [-0.3, -0.25) is 9.97 Å². The third-order valence-electron chi connectivity index (χ3n) is 21.4. The molecule has 12 heteroatoms. The quantitative estimate of drug-likeness (QED) is 0.202. The number of hydrogen-bond donors (Lipinski definition) is 6. The Bertz CT molecular complexity index is 2480. The molecule has 4 aliphatic heterocycles. The molecule has 2 saturated carbocycles. The molecular weight excluding hydrogens is 825 g/mol. The van der Waals surface area contributed by atoms with Gasteiger partial charge in [0, 0.05) is 47.5 Å². The van der Waals surface area contributed by atoms with Gasteiger partial charge in [-0.15, -0.1) is 0 Å². The lowest BCUT2D eigenvalue weighted by atomic mass is 9.44. The van der Waals surface area contributed by atoms with Crippen molar-refractivity contribution in [2.24, 2.45) is 46.3 Å². The van der Waals surface area contributed by atoms with Crippen molar-refractivity contribution >= 4 is 0 Å². The second kappa shape index (κ2) is 12.8. The topological polar surface area (TPSA) is 184 Å². The van der Waals surface area contributed by atoms with Crippen molar-refractivity contribution in [1.82, 2.24) is 9.97 Å². The fourth-order valence-corrected chi connectivity index (χ4v) is 17.8. The van der Waals surface area contributed by atoms with Crippen LogP contribution in [0.4, 0.5) is 0 Å². The summed E-state index contributed by atoms with van der Waals surface area (Å²) < 4.78 is 26.6. The van der Waals surface area contributed by atoms with Crippen LogP contribution in [0.5, 0.6) is 5.75 Å². The summed E-state index contributed by atoms with van der Waals surface area (Å²) in [7, 11) is 0. The van der Waals surface area contributed by atoms with Crippen molar-refractivity contribution in [1.29, 1.82) is 0 Å². The van der Waals surface area contributed by atoms with Gasteiger partial charge >= 0.3 is 0 Å². The molecule has 1 aromatic heterocycles. The normalized spacial score (nSPS) is 52.4. The number of aliphatic hydroxyl groups excluding tert-OH is 5. The van der Waals surface area contributed by atoms with Crippen LogP contribution in [-0.4, -0.2) is 100 Å². The lowest BCUT2D eigenvalue weighted by Crippen LogP contribution is -2.64. The average Bonchev–Trinajstić information content (AvgIpc) is 3.94. The van der Waals surface area contributed by atoms with Gasteiger partial charge in [-0.25, -0.2) is 0 Å². The first-order chi connectivity index (χ1) is 30.6. The van der Waals surface area contributed by atoms with E-state index in [1.807, 2.05) is 27.7 Å². The molecule has 2 spiro atoms. The molecule has 5 fully saturated rings. The summed E-state index contributed by atoms with van der Waals surface area (Å²) >= 11 is 0. The number of hydrogen-bond acceptors (Lipinski definition) is 12. The van der Waals surface area contributed by atoms with Gasteiger partial charge in [0.2, 0.25) is 11.6 Å². The van der Waals surface area contributed by atoms with Crippen LogP contribution < -0.4 is 4.74 Å².